The maximum atomic E-state index is 5.39. The van der Waals surface area contributed by atoms with Gasteiger partial charge in [-0.2, -0.15) is 0 Å². The Morgan fingerprint density at radius 1 is 1.42 bits per heavy atom. The van der Waals surface area contributed by atoms with Crippen LogP contribution in [0.25, 0.3) is 0 Å². The number of nitrogens with one attached hydrogen (secondary N) is 1. The molecule has 1 N–H and O–H groups in total. The van der Waals surface area contributed by atoms with Crippen molar-refractivity contribution in [3.05, 3.63) is 28.2 Å². The smallest absolute Gasteiger partial charge is 0.0641 e. The third kappa shape index (κ3) is 4.79. The second kappa shape index (κ2) is 7.27. The van der Waals surface area contributed by atoms with Gasteiger partial charge < -0.3 is 15.0 Å². The van der Waals surface area contributed by atoms with Crippen LogP contribution in [0.3, 0.4) is 0 Å². The lowest BCUT2D eigenvalue weighted by Gasteiger charge is -2.21. The maximum absolute atomic E-state index is 5.39. The molecular formula is C15H23BrN2O. The summed E-state index contributed by atoms with van der Waals surface area (Å²) in [5.41, 5.74) is 2.55. The van der Waals surface area contributed by atoms with Crippen LogP contribution < -0.4 is 10.2 Å². The van der Waals surface area contributed by atoms with E-state index in [0.29, 0.717) is 0 Å². The molecule has 0 radical (unpaired) electrons. The van der Waals surface area contributed by atoms with E-state index in [2.05, 4.69) is 51.4 Å². The Kier molecular flexibility index (Phi) is 5.67. The number of likely N-dealkylation sites (N-methyl/N-ethyl adjacent to an activating group) is 1. The molecule has 19 heavy (non-hydrogen) atoms. The Hall–Kier alpha value is -0.580. The molecule has 1 aromatic carbocycles. The van der Waals surface area contributed by atoms with Gasteiger partial charge in [-0.05, 0) is 53.4 Å². The molecule has 0 aromatic heterocycles. The fourth-order valence-electron chi connectivity index (χ4n) is 1.99. The fourth-order valence-corrected chi connectivity index (χ4v) is 2.71. The number of halogens is 1. The van der Waals surface area contributed by atoms with E-state index in [1.54, 1.807) is 0 Å². The fraction of sp³-hybridized carbons (Fsp3) is 0.600. The van der Waals surface area contributed by atoms with Gasteiger partial charge in [-0.15, -0.1) is 0 Å². The predicted octanol–water partition coefficient (Wildman–Crippen LogP) is 3.17. The third-order valence-electron chi connectivity index (χ3n) is 3.37. The quantitative estimate of drug-likeness (QED) is 0.742. The molecule has 1 aliphatic carbocycles. The first-order valence-electron chi connectivity index (χ1n) is 7.01. The summed E-state index contributed by atoms with van der Waals surface area (Å²) in [6.07, 6.45) is 2.67. The molecule has 0 spiro atoms. The lowest BCUT2D eigenvalue weighted by atomic mass is 10.2. The number of anilines is 1. The van der Waals surface area contributed by atoms with Gasteiger partial charge in [0.15, 0.2) is 0 Å². The van der Waals surface area contributed by atoms with Gasteiger partial charge in [0.1, 0.15) is 0 Å². The molecule has 1 fully saturated rings. The van der Waals surface area contributed by atoms with Crippen molar-refractivity contribution in [1.82, 2.24) is 5.32 Å². The van der Waals surface area contributed by atoms with Crippen molar-refractivity contribution in [3.63, 3.8) is 0 Å². The lowest BCUT2D eigenvalue weighted by Crippen LogP contribution is -2.23. The van der Waals surface area contributed by atoms with Crippen molar-refractivity contribution in [2.45, 2.75) is 32.4 Å². The van der Waals surface area contributed by atoms with Crippen molar-refractivity contribution in [2.75, 3.05) is 31.7 Å². The lowest BCUT2D eigenvalue weighted by molar-refractivity contribution is 0.154. The van der Waals surface area contributed by atoms with Crippen LogP contribution >= 0.6 is 15.9 Å². The van der Waals surface area contributed by atoms with Crippen molar-refractivity contribution in [1.29, 1.82) is 0 Å². The Balaban J connectivity index is 1.89. The van der Waals surface area contributed by atoms with Gasteiger partial charge in [-0.1, -0.05) is 6.07 Å². The molecule has 4 heteroatoms. The van der Waals surface area contributed by atoms with E-state index in [1.807, 2.05) is 6.92 Å². The summed E-state index contributed by atoms with van der Waals surface area (Å²) in [5, 5.41) is 3.54. The monoisotopic (exact) mass is 326 g/mol. The predicted molar refractivity (Wildman–Crippen MR) is 83.8 cm³/mol. The number of ether oxygens (including phenoxy) is 1. The van der Waals surface area contributed by atoms with Crippen LogP contribution in [0.4, 0.5) is 5.69 Å². The summed E-state index contributed by atoms with van der Waals surface area (Å²) < 4.78 is 6.55. The first-order valence-corrected chi connectivity index (χ1v) is 7.80. The van der Waals surface area contributed by atoms with E-state index in [4.69, 9.17) is 4.74 Å². The zero-order valence-electron chi connectivity index (χ0n) is 11.8. The molecule has 2 rings (SSSR count). The zero-order chi connectivity index (χ0) is 13.7. The molecule has 0 aliphatic heterocycles. The molecule has 1 aromatic rings. The van der Waals surface area contributed by atoms with E-state index in [0.717, 1.165) is 36.8 Å². The average Bonchev–Trinajstić information content (AvgIpc) is 3.20. The first-order chi connectivity index (χ1) is 9.20. The van der Waals surface area contributed by atoms with Gasteiger partial charge in [0, 0.05) is 37.3 Å². The highest BCUT2D eigenvalue weighted by molar-refractivity contribution is 9.10. The first kappa shape index (κ1) is 14.8. The summed E-state index contributed by atoms with van der Waals surface area (Å²) in [6, 6.07) is 7.35. The summed E-state index contributed by atoms with van der Waals surface area (Å²) in [5.74, 6) is 0. The van der Waals surface area contributed by atoms with Crippen LogP contribution in [-0.4, -0.2) is 32.8 Å². The second-order valence-corrected chi connectivity index (χ2v) is 5.91. The van der Waals surface area contributed by atoms with Crippen LogP contribution in [0, 0.1) is 0 Å². The molecular weight excluding hydrogens is 304 g/mol. The average molecular weight is 327 g/mol. The van der Waals surface area contributed by atoms with Crippen molar-refractivity contribution < 1.29 is 4.74 Å². The molecule has 0 unspecified atom stereocenters. The van der Waals surface area contributed by atoms with Gasteiger partial charge in [0.2, 0.25) is 0 Å². The highest BCUT2D eigenvalue weighted by Crippen LogP contribution is 2.27. The van der Waals surface area contributed by atoms with Gasteiger partial charge in [0.25, 0.3) is 0 Å². The minimum Gasteiger partial charge on any atom is -0.380 e. The van der Waals surface area contributed by atoms with Crippen LogP contribution in [0.2, 0.25) is 0 Å². The molecule has 1 aliphatic rings. The molecule has 0 amide bonds. The number of benzene rings is 1. The number of hydrogen-bond acceptors (Lipinski definition) is 3. The van der Waals surface area contributed by atoms with E-state index < -0.39 is 0 Å². The highest BCUT2D eigenvalue weighted by Gasteiger charge is 2.20. The SMILES string of the molecule is CCOCCN(C)c1ccc(CNC2CC2)cc1Br. The Bertz CT molecular complexity index is 407. The Labute approximate surface area is 124 Å². The van der Waals surface area contributed by atoms with Gasteiger partial charge >= 0.3 is 0 Å². The maximum Gasteiger partial charge on any atom is 0.0641 e. The van der Waals surface area contributed by atoms with Crippen LogP contribution in [-0.2, 0) is 11.3 Å². The van der Waals surface area contributed by atoms with E-state index >= 15 is 0 Å². The minimum absolute atomic E-state index is 0.757. The van der Waals surface area contributed by atoms with E-state index in [-0.39, 0.29) is 0 Å². The van der Waals surface area contributed by atoms with Gasteiger partial charge in [-0.25, -0.2) is 0 Å². The normalized spacial score (nSPS) is 14.7. The van der Waals surface area contributed by atoms with E-state index in [1.165, 1.54) is 24.1 Å². The Morgan fingerprint density at radius 2 is 2.21 bits per heavy atom. The zero-order valence-corrected chi connectivity index (χ0v) is 13.4. The standard InChI is InChI=1S/C15H23BrN2O/c1-3-19-9-8-18(2)15-7-4-12(10-14(15)16)11-17-13-5-6-13/h4,7,10,13,17H,3,5-6,8-9,11H2,1-2H3. The van der Waals surface area contributed by atoms with Crippen molar-refractivity contribution in [2.24, 2.45) is 0 Å². The molecule has 0 heterocycles. The summed E-state index contributed by atoms with van der Waals surface area (Å²) in [4.78, 5) is 2.22. The number of rotatable bonds is 8. The largest absolute Gasteiger partial charge is 0.380 e. The van der Waals surface area contributed by atoms with Crippen molar-refractivity contribution in [3.8, 4) is 0 Å². The summed E-state index contributed by atoms with van der Waals surface area (Å²) >= 11 is 3.67. The van der Waals surface area contributed by atoms with Gasteiger partial charge in [-0.3, -0.25) is 0 Å². The third-order valence-corrected chi connectivity index (χ3v) is 4.01. The van der Waals surface area contributed by atoms with Crippen LogP contribution in [0.5, 0.6) is 0 Å². The van der Waals surface area contributed by atoms with Gasteiger partial charge in [0.05, 0.1) is 12.3 Å². The molecule has 0 atom stereocenters. The molecule has 106 valence electrons. The molecule has 0 bridgehead atoms. The number of nitrogens with zero attached hydrogens (tertiary/aromatic N) is 1. The summed E-state index contributed by atoms with van der Waals surface area (Å²) in [7, 11) is 2.10. The topological polar surface area (TPSA) is 24.5 Å². The second-order valence-electron chi connectivity index (χ2n) is 5.06. The van der Waals surface area contributed by atoms with Crippen LogP contribution in [0.1, 0.15) is 25.3 Å². The minimum atomic E-state index is 0.757. The highest BCUT2D eigenvalue weighted by atomic mass is 79.9. The molecule has 1 saturated carbocycles. The van der Waals surface area contributed by atoms with E-state index in [9.17, 15) is 0 Å². The Morgan fingerprint density at radius 3 is 2.84 bits per heavy atom. The summed E-state index contributed by atoms with van der Waals surface area (Å²) in [6.45, 7) is 5.45. The number of hydrogen-bond donors (Lipinski definition) is 1. The van der Waals surface area contributed by atoms with Crippen molar-refractivity contribution >= 4 is 21.6 Å². The van der Waals surface area contributed by atoms with Crippen LogP contribution in [0.15, 0.2) is 22.7 Å². The molecule has 3 nitrogen and oxygen atoms in total. The molecule has 0 saturated heterocycles.